The van der Waals surface area contributed by atoms with Gasteiger partial charge in [-0.1, -0.05) is 6.07 Å². The van der Waals surface area contributed by atoms with Crippen molar-refractivity contribution < 1.29 is 9.53 Å². The van der Waals surface area contributed by atoms with Crippen LogP contribution >= 0.6 is 0 Å². The summed E-state index contributed by atoms with van der Waals surface area (Å²) >= 11 is 0. The van der Waals surface area contributed by atoms with Crippen LogP contribution in [-0.2, 0) is 16.1 Å². The fourth-order valence-corrected chi connectivity index (χ4v) is 3.32. The summed E-state index contributed by atoms with van der Waals surface area (Å²) in [6.07, 6.45) is 6.71. The number of carbonyl (C=O) groups is 1. The Hall–Kier alpha value is -1.46. The predicted molar refractivity (Wildman–Crippen MR) is 84.2 cm³/mol. The minimum atomic E-state index is 0.0276. The Morgan fingerprint density at radius 1 is 1.45 bits per heavy atom. The van der Waals surface area contributed by atoms with Gasteiger partial charge in [0.1, 0.15) is 0 Å². The van der Waals surface area contributed by atoms with Gasteiger partial charge in [-0.2, -0.15) is 0 Å². The highest BCUT2D eigenvalue weighted by molar-refractivity contribution is 5.79. The summed E-state index contributed by atoms with van der Waals surface area (Å²) in [5.74, 6) is 0.834. The third kappa shape index (κ3) is 4.05. The van der Waals surface area contributed by atoms with Crippen LogP contribution in [0.2, 0.25) is 0 Å². The molecule has 0 unspecified atom stereocenters. The number of nitrogens with zero attached hydrogens (tertiary/aromatic N) is 2. The van der Waals surface area contributed by atoms with Crippen LogP contribution in [0.4, 0.5) is 0 Å². The first-order valence-corrected chi connectivity index (χ1v) is 8.29. The molecule has 0 aromatic carbocycles. The molecule has 5 heteroatoms. The number of pyridine rings is 1. The van der Waals surface area contributed by atoms with Gasteiger partial charge in [0, 0.05) is 32.1 Å². The van der Waals surface area contributed by atoms with Gasteiger partial charge in [0.25, 0.3) is 0 Å². The molecule has 1 amide bonds. The highest BCUT2D eigenvalue weighted by Gasteiger charge is 2.29. The molecule has 2 aliphatic rings. The maximum Gasteiger partial charge on any atom is 0.228 e. The highest BCUT2D eigenvalue weighted by atomic mass is 16.5. The summed E-state index contributed by atoms with van der Waals surface area (Å²) in [7, 11) is 0. The zero-order valence-corrected chi connectivity index (χ0v) is 13.0. The molecule has 0 radical (unpaired) electrons. The second-order valence-electron chi connectivity index (χ2n) is 6.35. The molecule has 2 aliphatic heterocycles. The maximum atomic E-state index is 12.9. The van der Waals surface area contributed by atoms with Crippen molar-refractivity contribution in [3.05, 3.63) is 30.1 Å². The van der Waals surface area contributed by atoms with Gasteiger partial charge in [0.05, 0.1) is 12.5 Å². The zero-order valence-electron chi connectivity index (χ0n) is 13.0. The van der Waals surface area contributed by atoms with Crippen molar-refractivity contribution >= 4 is 5.91 Å². The van der Waals surface area contributed by atoms with E-state index in [0.717, 1.165) is 51.1 Å². The van der Waals surface area contributed by atoms with Gasteiger partial charge in [0.15, 0.2) is 0 Å². The Labute approximate surface area is 132 Å². The van der Waals surface area contributed by atoms with Gasteiger partial charge in [0.2, 0.25) is 5.91 Å². The summed E-state index contributed by atoms with van der Waals surface area (Å²) in [5.41, 5.74) is 1.10. The first-order valence-electron chi connectivity index (χ1n) is 8.29. The molecule has 0 bridgehead atoms. The Kier molecular flexibility index (Phi) is 5.40. The molecular formula is C17H25N3O2. The molecule has 120 valence electrons. The van der Waals surface area contributed by atoms with Crippen LogP contribution in [0.5, 0.6) is 0 Å². The number of carbonyl (C=O) groups excluding carboxylic acids is 1. The van der Waals surface area contributed by atoms with E-state index in [0.29, 0.717) is 19.1 Å². The largest absolute Gasteiger partial charge is 0.381 e. The summed E-state index contributed by atoms with van der Waals surface area (Å²) in [4.78, 5) is 19.1. The van der Waals surface area contributed by atoms with Crippen molar-refractivity contribution in [1.29, 1.82) is 0 Å². The standard InChI is InChI=1S/C17H25N3O2/c21-17(16-4-2-8-22-13-16)20(12-15-5-7-19-10-15)11-14-3-1-6-18-9-14/h1,3,6,9,15-16,19H,2,4-5,7-8,10-13H2/t15-,16+/m1/s1. The highest BCUT2D eigenvalue weighted by Crippen LogP contribution is 2.20. The molecule has 1 aromatic rings. The van der Waals surface area contributed by atoms with Crippen molar-refractivity contribution in [2.24, 2.45) is 11.8 Å². The van der Waals surface area contributed by atoms with Crippen LogP contribution in [0.15, 0.2) is 24.5 Å². The number of aromatic nitrogens is 1. The topological polar surface area (TPSA) is 54.5 Å². The molecule has 5 nitrogen and oxygen atoms in total. The lowest BCUT2D eigenvalue weighted by Gasteiger charge is -2.31. The van der Waals surface area contributed by atoms with E-state index < -0.39 is 0 Å². The van der Waals surface area contributed by atoms with Crippen molar-refractivity contribution in [2.75, 3.05) is 32.8 Å². The number of hydrogen-bond donors (Lipinski definition) is 1. The predicted octanol–water partition coefficient (Wildman–Crippen LogP) is 1.45. The molecule has 22 heavy (non-hydrogen) atoms. The Morgan fingerprint density at radius 2 is 2.41 bits per heavy atom. The van der Waals surface area contributed by atoms with Crippen LogP contribution < -0.4 is 5.32 Å². The number of rotatable bonds is 5. The quantitative estimate of drug-likeness (QED) is 0.894. The van der Waals surface area contributed by atoms with E-state index in [4.69, 9.17) is 4.74 Å². The third-order valence-electron chi connectivity index (χ3n) is 4.56. The average Bonchev–Trinajstić information content (AvgIpc) is 3.08. The van der Waals surface area contributed by atoms with E-state index in [2.05, 4.69) is 10.3 Å². The summed E-state index contributed by atoms with van der Waals surface area (Å²) < 4.78 is 5.50. The van der Waals surface area contributed by atoms with Gasteiger partial charge < -0.3 is 15.0 Å². The molecule has 3 heterocycles. The van der Waals surface area contributed by atoms with E-state index in [1.807, 2.05) is 23.2 Å². The smallest absolute Gasteiger partial charge is 0.228 e. The van der Waals surface area contributed by atoms with Crippen LogP contribution in [-0.4, -0.2) is 48.6 Å². The van der Waals surface area contributed by atoms with Crippen LogP contribution in [0.25, 0.3) is 0 Å². The number of ether oxygens (including phenoxy) is 1. The lowest BCUT2D eigenvalue weighted by atomic mass is 9.99. The number of nitrogens with one attached hydrogen (secondary N) is 1. The Morgan fingerprint density at radius 3 is 3.09 bits per heavy atom. The van der Waals surface area contributed by atoms with E-state index in [1.165, 1.54) is 0 Å². The molecule has 0 aliphatic carbocycles. The van der Waals surface area contributed by atoms with Crippen molar-refractivity contribution in [2.45, 2.75) is 25.8 Å². The van der Waals surface area contributed by atoms with Gasteiger partial charge in [-0.25, -0.2) is 0 Å². The maximum absolute atomic E-state index is 12.9. The molecule has 1 aromatic heterocycles. The fourth-order valence-electron chi connectivity index (χ4n) is 3.32. The van der Waals surface area contributed by atoms with E-state index in [9.17, 15) is 4.79 Å². The molecule has 0 saturated carbocycles. The Bertz CT molecular complexity index is 468. The second kappa shape index (κ2) is 7.70. The first kappa shape index (κ1) is 15.4. The van der Waals surface area contributed by atoms with E-state index >= 15 is 0 Å². The van der Waals surface area contributed by atoms with Crippen molar-refractivity contribution in [3.8, 4) is 0 Å². The second-order valence-corrected chi connectivity index (χ2v) is 6.35. The lowest BCUT2D eigenvalue weighted by molar-refractivity contribution is -0.141. The van der Waals surface area contributed by atoms with E-state index in [-0.39, 0.29) is 11.8 Å². The molecule has 0 spiro atoms. The Balaban J connectivity index is 1.67. The molecule has 2 fully saturated rings. The minimum absolute atomic E-state index is 0.0276. The van der Waals surface area contributed by atoms with Crippen LogP contribution in [0.1, 0.15) is 24.8 Å². The van der Waals surface area contributed by atoms with Crippen molar-refractivity contribution in [3.63, 3.8) is 0 Å². The summed E-state index contributed by atoms with van der Waals surface area (Å²) in [5, 5.41) is 3.39. The normalized spacial score (nSPS) is 25.1. The van der Waals surface area contributed by atoms with Gasteiger partial charge >= 0.3 is 0 Å². The third-order valence-corrected chi connectivity index (χ3v) is 4.56. The lowest BCUT2D eigenvalue weighted by Crippen LogP contribution is -2.42. The number of amides is 1. The van der Waals surface area contributed by atoms with Crippen LogP contribution in [0, 0.1) is 11.8 Å². The molecular weight excluding hydrogens is 278 g/mol. The molecule has 1 N–H and O–H groups in total. The molecule has 2 saturated heterocycles. The average molecular weight is 303 g/mol. The van der Waals surface area contributed by atoms with Crippen molar-refractivity contribution in [1.82, 2.24) is 15.2 Å². The van der Waals surface area contributed by atoms with Crippen LogP contribution in [0.3, 0.4) is 0 Å². The van der Waals surface area contributed by atoms with Gasteiger partial charge in [-0.15, -0.1) is 0 Å². The van der Waals surface area contributed by atoms with Gasteiger partial charge in [-0.3, -0.25) is 9.78 Å². The fraction of sp³-hybridized carbons (Fsp3) is 0.647. The first-order chi connectivity index (χ1) is 10.8. The van der Waals surface area contributed by atoms with Gasteiger partial charge in [-0.05, 0) is 49.9 Å². The zero-order chi connectivity index (χ0) is 15.2. The SMILES string of the molecule is O=C([C@H]1CCCOC1)N(Cc1cccnc1)C[C@@H]1CCNC1. The molecule has 2 atom stereocenters. The summed E-state index contributed by atoms with van der Waals surface area (Å²) in [6, 6.07) is 3.97. The minimum Gasteiger partial charge on any atom is -0.381 e. The van der Waals surface area contributed by atoms with E-state index in [1.54, 1.807) is 6.20 Å². The number of hydrogen-bond acceptors (Lipinski definition) is 4. The summed E-state index contributed by atoms with van der Waals surface area (Å²) in [6.45, 7) is 4.92. The monoisotopic (exact) mass is 303 g/mol. The molecule has 3 rings (SSSR count).